The lowest BCUT2D eigenvalue weighted by Crippen LogP contribution is -2.71. The van der Waals surface area contributed by atoms with E-state index in [0.717, 1.165) is 21.6 Å². The second-order valence-corrected chi connectivity index (χ2v) is 10.7. The van der Waals surface area contributed by atoms with E-state index in [0.29, 0.717) is 17.0 Å². The maximum absolute atomic E-state index is 13.1. The number of pyridine rings is 1. The molecular weight excluding hydrogens is 526 g/mol. The number of nitrogens with one attached hydrogen (secondary N) is 1. The first-order valence-corrected chi connectivity index (χ1v) is 13.3. The number of aliphatic carboxylic acids is 1. The fourth-order valence-electron chi connectivity index (χ4n) is 4.11. The molecule has 186 valence electrons. The lowest BCUT2D eigenvalue weighted by Gasteiger charge is -2.49. The van der Waals surface area contributed by atoms with Crippen molar-refractivity contribution in [1.82, 2.24) is 15.2 Å². The number of oxime groups is 1. The van der Waals surface area contributed by atoms with Crippen LogP contribution < -0.4 is 21.4 Å². The Hall–Kier alpha value is -3.69. The Morgan fingerprint density at radius 2 is 2.17 bits per heavy atom. The van der Waals surface area contributed by atoms with E-state index >= 15 is 0 Å². The normalized spacial score (nSPS) is 19.8. The molecule has 1 unspecified atom stereocenters. The first-order valence-electron chi connectivity index (χ1n) is 10.5. The Morgan fingerprint density at radius 3 is 2.86 bits per heavy atom. The lowest BCUT2D eigenvalue weighted by atomic mass is 10.0. The van der Waals surface area contributed by atoms with Crippen LogP contribution in [0.25, 0.3) is 10.2 Å². The summed E-state index contributed by atoms with van der Waals surface area (Å²) in [6, 6.07) is 2.83. The monoisotopic (exact) mass is 546 g/mol. The van der Waals surface area contributed by atoms with Gasteiger partial charge in [-0.25, -0.2) is 9.78 Å². The number of β-lactam (4-membered cyclic amide) rings is 1. The second-order valence-electron chi connectivity index (χ2n) is 7.86. The Bertz CT molecular complexity index is 1460. The summed E-state index contributed by atoms with van der Waals surface area (Å²) in [5.74, 6) is -2.03. The zero-order chi connectivity index (χ0) is 25.6. The van der Waals surface area contributed by atoms with E-state index in [4.69, 9.17) is 16.3 Å². The number of anilines is 2. The Kier molecular flexibility index (Phi) is 6.27. The smallest absolute Gasteiger partial charge is 0.352 e. The van der Waals surface area contributed by atoms with Crippen LogP contribution >= 0.6 is 34.4 Å². The van der Waals surface area contributed by atoms with Crippen molar-refractivity contribution in [1.29, 1.82) is 0 Å². The van der Waals surface area contributed by atoms with Crippen molar-refractivity contribution >= 4 is 79.0 Å². The van der Waals surface area contributed by atoms with Crippen LogP contribution in [0.15, 0.2) is 45.5 Å². The molecule has 5 rings (SSSR count). The molecule has 0 saturated carbocycles. The van der Waals surface area contributed by atoms with Gasteiger partial charge in [0.1, 0.15) is 29.9 Å². The van der Waals surface area contributed by atoms with Gasteiger partial charge in [-0.1, -0.05) is 16.5 Å². The molecule has 0 aromatic carbocycles. The minimum Gasteiger partial charge on any atom is -0.477 e. The van der Waals surface area contributed by atoms with Gasteiger partial charge in [0.15, 0.2) is 23.6 Å². The van der Waals surface area contributed by atoms with E-state index in [1.807, 2.05) is 28.3 Å². The summed E-state index contributed by atoms with van der Waals surface area (Å²) in [6.07, 6.45) is 1.85. The summed E-state index contributed by atoms with van der Waals surface area (Å²) >= 11 is 3.98. The van der Waals surface area contributed by atoms with Crippen LogP contribution in [-0.4, -0.2) is 62.8 Å². The molecular formula is C21H20N7O5S3+. The molecule has 3 aromatic rings. The number of carbonyl (C=O) groups is 3. The number of nitrogens with zero attached hydrogens (tertiary/aromatic N) is 4. The van der Waals surface area contributed by atoms with Gasteiger partial charge in [0.2, 0.25) is 0 Å². The van der Waals surface area contributed by atoms with Crippen molar-refractivity contribution in [2.24, 2.45) is 5.16 Å². The highest BCUT2D eigenvalue weighted by molar-refractivity contribution is 8.00. The standard InChI is InChI=1S/C21H19N7O5S3/c1-33-26-13(12-8-36-21(23)24-12)16(29)25-14-17(30)28-15(20(31)32)9(6-34-19(14)28)5-27-4-2-3-10-11(22)7-35-18(10)27/h2-4,7-8,14,19H,5-6,22H2,1H3,(H3-,23,24,25,29,31,32)/p+1/b26-13-/t14?,19-/m1/s1. The highest BCUT2D eigenvalue weighted by Crippen LogP contribution is 2.40. The zero-order valence-electron chi connectivity index (χ0n) is 18.7. The number of fused-ring (bicyclic) bond motifs is 2. The van der Waals surface area contributed by atoms with Crippen LogP contribution in [0.2, 0.25) is 0 Å². The number of thiazole rings is 1. The van der Waals surface area contributed by atoms with Crippen molar-refractivity contribution < 1.29 is 28.9 Å². The molecule has 5 heterocycles. The number of nitrogen functional groups attached to an aromatic ring is 2. The number of carbonyl (C=O) groups excluding carboxylic acids is 2. The molecule has 0 radical (unpaired) electrons. The lowest BCUT2D eigenvalue weighted by molar-refractivity contribution is -0.661. The summed E-state index contributed by atoms with van der Waals surface area (Å²) < 4.78 is 1.92. The summed E-state index contributed by atoms with van der Waals surface area (Å²) in [4.78, 5) is 49.1. The van der Waals surface area contributed by atoms with Gasteiger partial charge >= 0.3 is 5.97 Å². The molecule has 12 nitrogen and oxygen atoms in total. The fraction of sp³-hybridized carbons (Fsp3) is 0.238. The van der Waals surface area contributed by atoms with Crippen molar-refractivity contribution in [2.45, 2.75) is 18.0 Å². The van der Waals surface area contributed by atoms with E-state index in [1.54, 1.807) is 5.38 Å². The first kappa shape index (κ1) is 24.0. The number of thioether (sulfide) groups is 1. The van der Waals surface area contributed by atoms with E-state index in [1.165, 1.54) is 35.1 Å². The third-order valence-corrected chi connectivity index (χ3v) is 8.75. The average Bonchev–Trinajstić information content (AvgIpc) is 3.46. The number of rotatable bonds is 7. The number of hydrogen-bond donors (Lipinski definition) is 4. The Morgan fingerprint density at radius 1 is 1.36 bits per heavy atom. The van der Waals surface area contributed by atoms with Gasteiger partial charge in [-0.05, 0) is 6.07 Å². The van der Waals surface area contributed by atoms with Crippen LogP contribution in [0.4, 0.5) is 10.8 Å². The van der Waals surface area contributed by atoms with Gasteiger partial charge in [0.05, 0.1) is 11.1 Å². The minimum absolute atomic E-state index is 0.0682. The molecule has 0 bridgehead atoms. The molecule has 2 atom stereocenters. The Labute approximate surface area is 216 Å². The van der Waals surface area contributed by atoms with Gasteiger partial charge in [-0.2, -0.15) is 4.57 Å². The van der Waals surface area contributed by atoms with Crippen LogP contribution in [-0.2, 0) is 25.8 Å². The van der Waals surface area contributed by atoms with Gasteiger partial charge < -0.3 is 26.7 Å². The largest absolute Gasteiger partial charge is 0.477 e. The van der Waals surface area contributed by atoms with Crippen molar-refractivity contribution in [2.75, 3.05) is 24.3 Å². The molecule has 6 N–H and O–H groups in total. The summed E-state index contributed by atoms with van der Waals surface area (Å²) in [5, 5.41) is 20.3. The van der Waals surface area contributed by atoms with Crippen LogP contribution in [0.5, 0.6) is 0 Å². The van der Waals surface area contributed by atoms with Gasteiger partial charge in [0.25, 0.3) is 16.6 Å². The van der Waals surface area contributed by atoms with E-state index < -0.39 is 29.2 Å². The van der Waals surface area contributed by atoms with Crippen molar-refractivity contribution in [3.63, 3.8) is 0 Å². The molecule has 36 heavy (non-hydrogen) atoms. The Balaban J connectivity index is 1.38. The maximum atomic E-state index is 13.1. The van der Waals surface area contributed by atoms with E-state index in [9.17, 15) is 19.5 Å². The number of carboxylic acid groups (broad SMARTS) is 1. The van der Waals surface area contributed by atoms with Crippen molar-refractivity contribution in [3.8, 4) is 0 Å². The molecule has 2 amide bonds. The highest BCUT2D eigenvalue weighted by Gasteiger charge is 2.54. The van der Waals surface area contributed by atoms with Crippen LogP contribution in [0.1, 0.15) is 5.69 Å². The summed E-state index contributed by atoms with van der Waals surface area (Å²) in [7, 11) is 1.28. The highest BCUT2D eigenvalue weighted by atomic mass is 32.2. The first-order chi connectivity index (χ1) is 17.3. The SMILES string of the molecule is CO/N=C(\C(=O)NC1C(=O)N2C(C(=O)O)=C(C[n+]3cccc4c(N)csc43)CS[C@H]12)c1csc(N)n1. The zero-order valence-corrected chi connectivity index (χ0v) is 21.2. The minimum atomic E-state index is -1.20. The number of aromatic nitrogens is 2. The molecule has 15 heteroatoms. The quantitative estimate of drug-likeness (QED) is 0.143. The number of thiophene rings is 1. The molecule has 3 aromatic heterocycles. The molecule has 2 aliphatic heterocycles. The van der Waals surface area contributed by atoms with Crippen LogP contribution in [0.3, 0.4) is 0 Å². The molecule has 0 aliphatic carbocycles. The van der Waals surface area contributed by atoms with Gasteiger partial charge in [-0.15, -0.1) is 23.1 Å². The number of nitrogens with two attached hydrogens (primary N) is 2. The van der Waals surface area contributed by atoms with Crippen LogP contribution in [0, 0.1) is 0 Å². The third-order valence-electron chi connectivity index (χ3n) is 5.69. The van der Waals surface area contributed by atoms with Crippen molar-refractivity contribution in [3.05, 3.63) is 46.1 Å². The number of hydrogen-bond acceptors (Lipinski definition) is 11. The maximum Gasteiger partial charge on any atom is 0.352 e. The molecule has 1 saturated heterocycles. The molecule has 2 aliphatic rings. The molecule has 0 spiro atoms. The fourth-order valence-corrected chi connectivity index (χ4v) is 6.93. The predicted octanol–water partition coefficient (Wildman–Crippen LogP) is 0.599. The molecule has 1 fully saturated rings. The number of carboxylic acids is 1. The summed E-state index contributed by atoms with van der Waals surface area (Å²) in [6.45, 7) is 0.287. The topological polar surface area (TPSA) is 177 Å². The average molecular weight is 547 g/mol. The summed E-state index contributed by atoms with van der Waals surface area (Å²) in [5.41, 5.74) is 12.9. The van der Waals surface area contributed by atoms with E-state index in [-0.39, 0.29) is 28.8 Å². The predicted molar refractivity (Wildman–Crippen MR) is 136 cm³/mol. The van der Waals surface area contributed by atoms with Gasteiger partial charge in [0, 0.05) is 28.2 Å². The van der Waals surface area contributed by atoms with E-state index in [2.05, 4.69) is 15.5 Å². The third kappa shape index (κ3) is 4.04. The second kappa shape index (κ2) is 9.40. The number of amides is 2. The van der Waals surface area contributed by atoms with Gasteiger partial charge in [-0.3, -0.25) is 14.5 Å².